The number of rotatable bonds is 14. The molecule has 0 radical (unpaired) electrons. The standard InChI is InChI=1S/C28H45N3O6S/c1-8-10-11-14-31(26(34)22(18-38)30-27(35)37-28(5,6)7)24(21-16-19(3)15-20(4)17-21)25(33)29-13-12-23(32)36-9-2/h15-17,22,24,38H,8-14,18H2,1-7H3,(H,29,33)(H,30,35). The van der Waals surface area contributed by atoms with E-state index in [0.29, 0.717) is 18.5 Å². The first kappa shape index (κ1) is 33.3. The summed E-state index contributed by atoms with van der Waals surface area (Å²) < 4.78 is 10.3. The van der Waals surface area contributed by atoms with E-state index < -0.39 is 41.6 Å². The third-order valence-electron chi connectivity index (χ3n) is 5.51. The quantitative estimate of drug-likeness (QED) is 0.181. The van der Waals surface area contributed by atoms with E-state index >= 15 is 0 Å². The van der Waals surface area contributed by atoms with Crippen LogP contribution in [0.2, 0.25) is 0 Å². The lowest BCUT2D eigenvalue weighted by Gasteiger charge is -2.34. The molecular weight excluding hydrogens is 506 g/mol. The SMILES string of the molecule is CCCCCN(C(=O)C(CS)NC(=O)OC(C)(C)C)C(C(=O)NCCC(=O)OCC)c1cc(C)cc(C)c1. The smallest absolute Gasteiger partial charge is 0.408 e. The number of hydrogen-bond donors (Lipinski definition) is 3. The maximum atomic E-state index is 13.9. The molecule has 38 heavy (non-hydrogen) atoms. The number of amides is 3. The molecule has 1 rings (SSSR count). The van der Waals surface area contributed by atoms with E-state index in [2.05, 4.69) is 30.2 Å². The highest BCUT2D eigenvalue weighted by molar-refractivity contribution is 7.80. The van der Waals surface area contributed by atoms with Crippen molar-refractivity contribution in [3.05, 3.63) is 34.9 Å². The monoisotopic (exact) mass is 551 g/mol. The van der Waals surface area contributed by atoms with Crippen LogP contribution in [0.1, 0.15) is 83.0 Å². The minimum absolute atomic E-state index is 0.0163. The van der Waals surface area contributed by atoms with Gasteiger partial charge >= 0.3 is 12.1 Å². The zero-order chi connectivity index (χ0) is 28.9. The highest BCUT2D eigenvalue weighted by atomic mass is 32.1. The number of nitrogens with zero attached hydrogens (tertiary/aromatic N) is 1. The number of benzene rings is 1. The Morgan fingerprint density at radius 3 is 2.18 bits per heavy atom. The molecule has 9 nitrogen and oxygen atoms in total. The van der Waals surface area contributed by atoms with Gasteiger partial charge in [-0.05, 0) is 53.5 Å². The second-order valence-corrected chi connectivity index (χ2v) is 10.7. The first-order chi connectivity index (χ1) is 17.8. The fourth-order valence-electron chi connectivity index (χ4n) is 3.99. The number of esters is 1. The number of carbonyl (C=O) groups excluding carboxylic acids is 4. The summed E-state index contributed by atoms with van der Waals surface area (Å²) in [6.45, 7) is 13.5. The van der Waals surface area contributed by atoms with Crippen molar-refractivity contribution in [1.29, 1.82) is 0 Å². The lowest BCUT2D eigenvalue weighted by atomic mass is 9.98. The van der Waals surface area contributed by atoms with Gasteiger partial charge in [0.25, 0.3) is 0 Å². The van der Waals surface area contributed by atoms with Gasteiger partial charge in [0.05, 0.1) is 13.0 Å². The number of hydrogen-bond acceptors (Lipinski definition) is 7. The molecule has 0 fully saturated rings. The zero-order valence-electron chi connectivity index (χ0n) is 23.9. The molecule has 1 aromatic rings. The van der Waals surface area contributed by atoms with Crippen LogP contribution in [0.15, 0.2) is 18.2 Å². The van der Waals surface area contributed by atoms with Gasteiger partial charge in [-0.15, -0.1) is 0 Å². The van der Waals surface area contributed by atoms with Crippen LogP contribution in [0, 0.1) is 13.8 Å². The van der Waals surface area contributed by atoms with Gasteiger partial charge in [0.2, 0.25) is 11.8 Å². The van der Waals surface area contributed by atoms with Gasteiger partial charge in [0.15, 0.2) is 0 Å². The average Bonchev–Trinajstić information content (AvgIpc) is 2.80. The van der Waals surface area contributed by atoms with Crippen LogP contribution in [0.3, 0.4) is 0 Å². The molecule has 3 amide bonds. The topological polar surface area (TPSA) is 114 Å². The Labute approximate surface area is 232 Å². The molecule has 0 heterocycles. The van der Waals surface area contributed by atoms with Gasteiger partial charge in [-0.2, -0.15) is 12.6 Å². The second-order valence-electron chi connectivity index (χ2n) is 10.3. The number of thiol groups is 1. The number of alkyl carbamates (subject to hydrolysis) is 1. The Morgan fingerprint density at radius 2 is 1.66 bits per heavy atom. The molecule has 0 saturated heterocycles. The van der Waals surface area contributed by atoms with Crippen molar-refractivity contribution in [3.8, 4) is 0 Å². The fourth-order valence-corrected chi connectivity index (χ4v) is 4.24. The summed E-state index contributed by atoms with van der Waals surface area (Å²) in [4.78, 5) is 53.3. The van der Waals surface area contributed by atoms with Crippen molar-refractivity contribution in [1.82, 2.24) is 15.5 Å². The van der Waals surface area contributed by atoms with Gasteiger partial charge < -0.3 is 25.0 Å². The van der Waals surface area contributed by atoms with Crippen molar-refractivity contribution in [2.75, 3.05) is 25.4 Å². The molecule has 0 aliphatic rings. The molecule has 0 spiro atoms. The number of aryl methyl sites for hydroxylation is 2. The summed E-state index contributed by atoms with van der Waals surface area (Å²) in [5, 5.41) is 5.41. The number of unbranched alkanes of at least 4 members (excludes halogenated alkanes) is 2. The van der Waals surface area contributed by atoms with E-state index in [1.165, 1.54) is 4.90 Å². The van der Waals surface area contributed by atoms with E-state index in [-0.39, 0.29) is 25.3 Å². The van der Waals surface area contributed by atoms with Crippen LogP contribution in [-0.4, -0.2) is 65.9 Å². The summed E-state index contributed by atoms with van der Waals surface area (Å²) in [6, 6.07) is 3.76. The van der Waals surface area contributed by atoms with Crippen LogP contribution in [0.5, 0.6) is 0 Å². The van der Waals surface area contributed by atoms with Gasteiger partial charge in [-0.1, -0.05) is 49.1 Å². The Hall–Kier alpha value is -2.75. The Morgan fingerprint density at radius 1 is 1.03 bits per heavy atom. The number of carbonyl (C=O) groups is 4. The molecule has 10 heteroatoms. The first-order valence-electron chi connectivity index (χ1n) is 13.2. The molecule has 214 valence electrons. The van der Waals surface area contributed by atoms with Crippen molar-refractivity contribution in [2.45, 2.75) is 91.8 Å². The third kappa shape index (κ3) is 11.8. The predicted octanol–water partition coefficient (Wildman–Crippen LogP) is 4.26. The van der Waals surface area contributed by atoms with E-state index in [4.69, 9.17) is 9.47 Å². The van der Waals surface area contributed by atoms with Crippen LogP contribution < -0.4 is 10.6 Å². The molecule has 2 atom stereocenters. The normalized spacial score (nSPS) is 12.7. The van der Waals surface area contributed by atoms with Gasteiger partial charge in [-0.25, -0.2) is 4.79 Å². The Balaban J connectivity index is 3.39. The number of ether oxygens (including phenoxy) is 2. The van der Waals surface area contributed by atoms with Crippen molar-refractivity contribution < 1.29 is 28.7 Å². The average molecular weight is 552 g/mol. The molecule has 2 unspecified atom stereocenters. The molecule has 2 N–H and O–H groups in total. The summed E-state index contributed by atoms with van der Waals surface area (Å²) in [7, 11) is 0. The lowest BCUT2D eigenvalue weighted by Crippen LogP contribution is -2.54. The minimum Gasteiger partial charge on any atom is -0.466 e. The lowest BCUT2D eigenvalue weighted by molar-refractivity contribution is -0.144. The summed E-state index contributed by atoms with van der Waals surface area (Å²) in [5.74, 6) is -1.25. The van der Waals surface area contributed by atoms with E-state index in [1.807, 2.05) is 32.0 Å². The zero-order valence-corrected chi connectivity index (χ0v) is 24.8. The summed E-state index contributed by atoms with van der Waals surface area (Å²) >= 11 is 4.31. The molecule has 0 aromatic heterocycles. The van der Waals surface area contributed by atoms with Gasteiger partial charge in [0, 0.05) is 18.8 Å². The Bertz CT molecular complexity index is 927. The van der Waals surface area contributed by atoms with Crippen molar-refractivity contribution >= 4 is 36.5 Å². The van der Waals surface area contributed by atoms with Crippen molar-refractivity contribution in [3.63, 3.8) is 0 Å². The number of nitrogens with one attached hydrogen (secondary N) is 2. The fraction of sp³-hybridized carbons (Fsp3) is 0.643. The first-order valence-corrected chi connectivity index (χ1v) is 13.9. The molecule has 0 saturated carbocycles. The largest absolute Gasteiger partial charge is 0.466 e. The molecular formula is C28H45N3O6S. The molecule has 0 bridgehead atoms. The van der Waals surface area contributed by atoms with E-state index in [0.717, 1.165) is 24.0 Å². The maximum absolute atomic E-state index is 13.9. The van der Waals surface area contributed by atoms with Gasteiger partial charge in [-0.3, -0.25) is 14.4 Å². The van der Waals surface area contributed by atoms with Crippen LogP contribution in [-0.2, 0) is 23.9 Å². The predicted molar refractivity (Wildman–Crippen MR) is 151 cm³/mol. The molecule has 0 aliphatic heterocycles. The minimum atomic E-state index is -1.00. The summed E-state index contributed by atoms with van der Waals surface area (Å²) in [6.07, 6.45) is 1.74. The van der Waals surface area contributed by atoms with Gasteiger partial charge in [0.1, 0.15) is 17.7 Å². The van der Waals surface area contributed by atoms with E-state index in [9.17, 15) is 19.2 Å². The van der Waals surface area contributed by atoms with Crippen LogP contribution >= 0.6 is 12.6 Å². The summed E-state index contributed by atoms with van der Waals surface area (Å²) in [5.41, 5.74) is 1.80. The molecule has 1 aromatic carbocycles. The van der Waals surface area contributed by atoms with Crippen LogP contribution in [0.25, 0.3) is 0 Å². The third-order valence-corrected chi connectivity index (χ3v) is 5.88. The van der Waals surface area contributed by atoms with E-state index in [1.54, 1.807) is 27.7 Å². The second kappa shape index (κ2) is 16.3. The highest BCUT2D eigenvalue weighted by Gasteiger charge is 2.35. The van der Waals surface area contributed by atoms with Crippen LogP contribution in [0.4, 0.5) is 4.79 Å². The molecule has 0 aliphatic carbocycles. The van der Waals surface area contributed by atoms with Crippen molar-refractivity contribution in [2.24, 2.45) is 0 Å². The Kier molecular flexibility index (Phi) is 14.2. The maximum Gasteiger partial charge on any atom is 0.408 e. The highest BCUT2D eigenvalue weighted by Crippen LogP contribution is 2.26.